The van der Waals surface area contributed by atoms with E-state index >= 15 is 0 Å². The molecule has 2 aliphatic carbocycles. The van der Waals surface area contributed by atoms with Crippen LogP contribution in [0.4, 0.5) is 0 Å². The van der Waals surface area contributed by atoms with Crippen LogP contribution in [-0.2, 0) is 10.3 Å². The Kier molecular flexibility index (Phi) is 6.45. The second-order valence-electron chi connectivity index (χ2n) is 7.74. The molecule has 1 aromatic heterocycles. The lowest BCUT2D eigenvalue weighted by Crippen LogP contribution is -2.49. The fraction of sp³-hybridized carbons (Fsp3) is 0.842. The number of carbonyl (C=O) groups is 1. The molecular formula is C19H32N4O2. The summed E-state index contributed by atoms with van der Waals surface area (Å²) in [7, 11) is 0. The number of nitrogens with one attached hydrogen (secondary N) is 2. The molecule has 0 aliphatic heterocycles. The molecule has 25 heavy (non-hydrogen) atoms. The van der Waals surface area contributed by atoms with Crippen molar-refractivity contribution >= 4 is 5.91 Å². The summed E-state index contributed by atoms with van der Waals surface area (Å²) in [6.07, 6.45) is 13.9. The van der Waals surface area contributed by atoms with Gasteiger partial charge in [0.2, 0.25) is 11.8 Å². The van der Waals surface area contributed by atoms with Crippen molar-refractivity contribution in [1.82, 2.24) is 20.8 Å². The molecule has 0 spiro atoms. The summed E-state index contributed by atoms with van der Waals surface area (Å²) in [4.78, 5) is 17.0. The van der Waals surface area contributed by atoms with Gasteiger partial charge in [0.1, 0.15) is 0 Å². The predicted molar refractivity (Wildman–Crippen MR) is 96.1 cm³/mol. The van der Waals surface area contributed by atoms with Gasteiger partial charge in [0, 0.05) is 13.0 Å². The molecule has 0 bridgehead atoms. The molecule has 2 fully saturated rings. The molecular weight excluding hydrogens is 316 g/mol. The SMILES string of the molecule is Cc1nc(C2(NCC(=O)NC3CCCCCC3)CCCCCC2)no1. The minimum Gasteiger partial charge on any atom is -0.352 e. The fourth-order valence-corrected chi connectivity index (χ4v) is 4.26. The summed E-state index contributed by atoms with van der Waals surface area (Å²) in [6, 6.07) is 0.342. The first kappa shape index (κ1) is 18.4. The van der Waals surface area contributed by atoms with Gasteiger partial charge in [0.15, 0.2) is 5.82 Å². The standard InChI is InChI=1S/C19H32N4O2/c1-15-21-18(23-25-15)19(12-8-4-5-9-13-19)20-14-17(24)22-16-10-6-2-3-7-11-16/h16,20H,2-14H2,1H3,(H,22,24). The van der Waals surface area contributed by atoms with Crippen LogP contribution in [-0.4, -0.2) is 28.6 Å². The van der Waals surface area contributed by atoms with Crippen LogP contribution >= 0.6 is 0 Å². The Labute approximate surface area is 150 Å². The van der Waals surface area contributed by atoms with Crippen LogP contribution in [0.2, 0.25) is 0 Å². The molecule has 0 atom stereocenters. The van der Waals surface area contributed by atoms with Gasteiger partial charge in [-0.25, -0.2) is 0 Å². The molecule has 2 saturated carbocycles. The molecule has 140 valence electrons. The minimum atomic E-state index is -0.324. The zero-order valence-electron chi connectivity index (χ0n) is 15.5. The van der Waals surface area contributed by atoms with E-state index in [1.165, 1.54) is 38.5 Å². The monoisotopic (exact) mass is 348 g/mol. The van der Waals surface area contributed by atoms with Crippen molar-refractivity contribution in [2.24, 2.45) is 0 Å². The van der Waals surface area contributed by atoms with Crippen molar-refractivity contribution in [3.63, 3.8) is 0 Å². The highest BCUT2D eigenvalue weighted by atomic mass is 16.5. The number of aromatic nitrogens is 2. The highest BCUT2D eigenvalue weighted by Crippen LogP contribution is 2.34. The third kappa shape index (κ3) is 5.03. The molecule has 1 aromatic rings. The largest absolute Gasteiger partial charge is 0.352 e. The third-order valence-electron chi connectivity index (χ3n) is 5.72. The molecule has 0 saturated heterocycles. The van der Waals surface area contributed by atoms with E-state index in [4.69, 9.17) is 4.52 Å². The lowest BCUT2D eigenvalue weighted by Gasteiger charge is -2.31. The van der Waals surface area contributed by atoms with Crippen LogP contribution in [0.15, 0.2) is 4.52 Å². The van der Waals surface area contributed by atoms with E-state index in [2.05, 4.69) is 20.8 Å². The van der Waals surface area contributed by atoms with Gasteiger partial charge in [-0.2, -0.15) is 4.98 Å². The lowest BCUT2D eigenvalue weighted by atomic mass is 9.89. The molecule has 6 heteroatoms. The summed E-state index contributed by atoms with van der Waals surface area (Å²) in [5.74, 6) is 1.40. The van der Waals surface area contributed by atoms with Gasteiger partial charge in [-0.1, -0.05) is 56.5 Å². The Morgan fingerprint density at radius 3 is 2.32 bits per heavy atom. The number of carbonyl (C=O) groups excluding carboxylic acids is 1. The van der Waals surface area contributed by atoms with Crippen molar-refractivity contribution in [2.45, 2.75) is 95.6 Å². The Morgan fingerprint density at radius 1 is 1.08 bits per heavy atom. The summed E-state index contributed by atoms with van der Waals surface area (Å²) < 4.78 is 5.22. The Morgan fingerprint density at radius 2 is 1.72 bits per heavy atom. The first-order chi connectivity index (χ1) is 12.2. The number of rotatable bonds is 5. The van der Waals surface area contributed by atoms with Gasteiger partial charge in [0.05, 0.1) is 12.1 Å². The van der Waals surface area contributed by atoms with Gasteiger partial charge in [-0.3, -0.25) is 10.1 Å². The van der Waals surface area contributed by atoms with Crippen LogP contribution in [0.1, 0.15) is 88.8 Å². The molecule has 0 aromatic carbocycles. The normalized spacial score (nSPS) is 22.1. The molecule has 6 nitrogen and oxygen atoms in total. The van der Waals surface area contributed by atoms with Gasteiger partial charge in [-0.15, -0.1) is 0 Å². The fourth-order valence-electron chi connectivity index (χ4n) is 4.26. The molecule has 1 heterocycles. The first-order valence-electron chi connectivity index (χ1n) is 10.0. The van der Waals surface area contributed by atoms with Crippen LogP contribution in [0.3, 0.4) is 0 Å². The molecule has 2 aliphatic rings. The number of amides is 1. The quantitative estimate of drug-likeness (QED) is 0.798. The second kappa shape index (κ2) is 8.79. The van der Waals surface area contributed by atoms with Crippen LogP contribution in [0.25, 0.3) is 0 Å². The summed E-state index contributed by atoms with van der Waals surface area (Å²) in [5.41, 5.74) is -0.324. The maximum atomic E-state index is 12.5. The average Bonchev–Trinajstić information content (AvgIpc) is 2.82. The average molecular weight is 348 g/mol. The van der Waals surface area contributed by atoms with E-state index < -0.39 is 0 Å². The minimum absolute atomic E-state index is 0.0933. The van der Waals surface area contributed by atoms with E-state index in [0.29, 0.717) is 24.3 Å². The van der Waals surface area contributed by atoms with Crippen LogP contribution in [0, 0.1) is 6.92 Å². The Balaban J connectivity index is 1.61. The van der Waals surface area contributed by atoms with E-state index in [0.717, 1.165) is 38.5 Å². The molecule has 1 amide bonds. The van der Waals surface area contributed by atoms with E-state index in [1.54, 1.807) is 0 Å². The van der Waals surface area contributed by atoms with Gasteiger partial charge < -0.3 is 9.84 Å². The summed E-state index contributed by atoms with van der Waals surface area (Å²) in [5, 5.41) is 10.9. The van der Waals surface area contributed by atoms with Gasteiger partial charge in [-0.05, 0) is 25.7 Å². The third-order valence-corrected chi connectivity index (χ3v) is 5.72. The van der Waals surface area contributed by atoms with Crippen LogP contribution in [0.5, 0.6) is 0 Å². The van der Waals surface area contributed by atoms with Crippen molar-refractivity contribution < 1.29 is 9.32 Å². The number of hydrogen-bond acceptors (Lipinski definition) is 5. The van der Waals surface area contributed by atoms with E-state index in [9.17, 15) is 4.79 Å². The van der Waals surface area contributed by atoms with Crippen molar-refractivity contribution in [2.75, 3.05) is 6.54 Å². The molecule has 3 rings (SSSR count). The highest BCUT2D eigenvalue weighted by Gasteiger charge is 2.37. The zero-order chi connectivity index (χ0) is 17.5. The Hall–Kier alpha value is -1.43. The van der Waals surface area contributed by atoms with E-state index in [-0.39, 0.29) is 11.4 Å². The topological polar surface area (TPSA) is 80.0 Å². The predicted octanol–water partition coefficient (Wildman–Crippen LogP) is 3.36. The number of aryl methyl sites for hydroxylation is 1. The maximum absolute atomic E-state index is 12.5. The van der Waals surface area contributed by atoms with Gasteiger partial charge in [0.25, 0.3) is 0 Å². The molecule has 0 radical (unpaired) electrons. The highest BCUT2D eigenvalue weighted by molar-refractivity contribution is 5.78. The lowest BCUT2D eigenvalue weighted by molar-refractivity contribution is -0.121. The first-order valence-corrected chi connectivity index (χ1v) is 10.0. The summed E-state index contributed by atoms with van der Waals surface area (Å²) >= 11 is 0. The Bertz CT molecular complexity index is 541. The molecule has 2 N–H and O–H groups in total. The maximum Gasteiger partial charge on any atom is 0.234 e. The van der Waals surface area contributed by atoms with Gasteiger partial charge >= 0.3 is 0 Å². The summed E-state index contributed by atoms with van der Waals surface area (Å²) in [6.45, 7) is 2.14. The van der Waals surface area contributed by atoms with E-state index in [1.807, 2.05) is 6.92 Å². The number of nitrogens with zero attached hydrogens (tertiary/aromatic N) is 2. The zero-order valence-corrected chi connectivity index (χ0v) is 15.5. The van der Waals surface area contributed by atoms with Crippen molar-refractivity contribution in [3.8, 4) is 0 Å². The number of hydrogen-bond donors (Lipinski definition) is 2. The second-order valence-corrected chi connectivity index (χ2v) is 7.74. The smallest absolute Gasteiger partial charge is 0.234 e. The van der Waals surface area contributed by atoms with Crippen molar-refractivity contribution in [3.05, 3.63) is 11.7 Å². The van der Waals surface area contributed by atoms with Crippen molar-refractivity contribution in [1.29, 1.82) is 0 Å². The molecule has 0 unspecified atom stereocenters. The van der Waals surface area contributed by atoms with Crippen LogP contribution < -0.4 is 10.6 Å².